The van der Waals surface area contributed by atoms with E-state index >= 15 is 0 Å². The van der Waals surface area contributed by atoms with E-state index in [1.807, 2.05) is 74.5 Å². The number of rotatable bonds is 9. The normalized spacial score (nSPS) is 11.1. The molecule has 6 nitrogen and oxygen atoms in total. The fourth-order valence-corrected chi connectivity index (χ4v) is 4.43. The Morgan fingerprint density at radius 2 is 1.48 bits per heavy atom. The van der Waals surface area contributed by atoms with Crippen molar-refractivity contribution in [2.45, 2.75) is 46.5 Å². The van der Waals surface area contributed by atoms with Crippen molar-refractivity contribution in [2.75, 3.05) is 11.9 Å². The van der Waals surface area contributed by atoms with E-state index in [9.17, 15) is 14.7 Å². The first-order valence-corrected chi connectivity index (χ1v) is 13.3. The van der Waals surface area contributed by atoms with Gasteiger partial charge in [-0.05, 0) is 66.3 Å². The van der Waals surface area contributed by atoms with Crippen molar-refractivity contribution in [1.82, 2.24) is 0 Å². The number of carbonyl (C=O) groups is 2. The van der Waals surface area contributed by atoms with E-state index in [2.05, 4.69) is 26.1 Å². The summed E-state index contributed by atoms with van der Waals surface area (Å²) in [6.07, 6.45) is 0.203. The molecule has 4 rings (SSSR count). The second-order valence-electron chi connectivity index (χ2n) is 10.7. The Labute approximate surface area is 235 Å². The van der Waals surface area contributed by atoms with Crippen molar-refractivity contribution in [2.24, 2.45) is 0 Å². The lowest BCUT2D eigenvalue weighted by molar-refractivity contribution is -0.115. The lowest BCUT2D eigenvalue weighted by Crippen LogP contribution is -2.15. The molecule has 0 heterocycles. The Balaban J connectivity index is 1.73. The molecule has 1 amide bonds. The van der Waals surface area contributed by atoms with Gasteiger partial charge in [0, 0.05) is 5.56 Å². The zero-order chi connectivity index (χ0) is 28.9. The van der Waals surface area contributed by atoms with Gasteiger partial charge in [-0.1, -0.05) is 80.9 Å². The molecule has 0 unspecified atom stereocenters. The highest BCUT2D eigenvalue weighted by atomic mass is 16.5. The van der Waals surface area contributed by atoms with Crippen LogP contribution in [0.4, 0.5) is 5.69 Å². The SMILES string of the molecule is CCOc1ccc(-c2ccc(Oc3ccccc3C(C)(C)C)c(NC(=O)Cc3ccc(C)cc3)c2)cc1C(=O)O. The third kappa shape index (κ3) is 6.89. The predicted molar refractivity (Wildman–Crippen MR) is 159 cm³/mol. The van der Waals surface area contributed by atoms with Crippen molar-refractivity contribution in [3.05, 3.63) is 107 Å². The van der Waals surface area contributed by atoms with Crippen LogP contribution in [0, 0.1) is 6.92 Å². The number of carbonyl (C=O) groups excluding carboxylic acids is 1. The summed E-state index contributed by atoms with van der Waals surface area (Å²) in [7, 11) is 0. The molecule has 4 aromatic rings. The summed E-state index contributed by atoms with van der Waals surface area (Å²) >= 11 is 0. The first kappa shape index (κ1) is 28.4. The molecule has 0 aliphatic rings. The van der Waals surface area contributed by atoms with Crippen LogP contribution in [-0.2, 0) is 16.6 Å². The van der Waals surface area contributed by atoms with Crippen molar-refractivity contribution >= 4 is 17.6 Å². The van der Waals surface area contributed by atoms with Gasteiger partial charge in [0.25, 0.3) is 0 Å². The second kappa shape index (κ2) is 12.1. The molecular formula is C34H35NO5. The van der Waals surface area contributed by atoms with Gasteiger partial charge in [0.05, 0.1) is 18.7 Å². The van der Waals surface area contributed by atoms with Crippen molar-refractivity contribution in [1.29, 1.82) is 0 Å². The maximum atomic E-state index is 13.1. The van der Waals surface area contributed by atoms with E-state index in [1.165, 1.54) is 0 Å². The van der Waals surface area contributed by atoms with E-state index in [1.54, 1.807) is 24.3 Å². The number of aromatic carboxylic acids is 1. The molecule has 0 radical (unpaired) electrons. The molecule has 0 aliphatic carbocycles. The molecule has 0 aromatic heterocycles. The molecule has 206 valence electrons. The molecule has 2 N–H and O–H groups in total. The van der Waals surface area contributed by atoms with E-state index in [0.717, 1.165) is 22.3 Å². The first-order chi connectivity index (χ1) is 19.0. The van der Waals surface area contributed by atoms with Gasteiger partial charge < -0.3 is 19.9 Å². The zero-order valence-electron chi connectivity index (χ0n) is 23.6. The number of hydrogen-bond donors (Lipinski definition) is 2. The average Bonchev–Trinajstić information content (AvgIpc) is 2.91. The molecular weight excluding hydrogens is 502 g/mol. The van der Waals surface area contributed by atoms with Crippen LogP contribution in [0.1, 0.15) is 54.7 Å². The van der Waals surface area contributed by atoms with Crippen LogP contribution >= 0.6 is 0 Å². The summed E-state index contributed by atoms with van der Waals surface area (Å²) in [5.41, 5.74) is 4.88. The molecule has 4 aromatic carbocycles. The van der Waals surface area contributed by atoms with Crippen LogP contribution in [0.15, 0.2) is 84.9 Å². The Bertz CT molecular complexity index is 1520. The highest BCUT2D eigenvalue weighted by Gasteiger charge is 2.21. The van der Waals surface area contributed by atoms with E-state index in [0.29, 0.717) is 35.1 Å². The molecule has 0 saturated heterocycles. The van der Waals surface area contributed by atoms with Gasteiger partial charge in [0.2, 0.25) is 5.91 Å². The number of carboxylic acid groups (broad SMARTS) is 1. The molecule has 0 saturated carbocycles. The number of hydrogen-bond acceptors (Lipinski definition) is 4. The first-order valence-electron chi connectivity index (χ1n) is 13.3. The molecule has 0 fully saturated rings. The number of amides is 1. The average molecular weight is 538 g/mol. The van der Waals surface area contributed by atoms with Crippen LogP contribution in [0.3, 0.4) is 0 Å². The van der Waals surface area contributed by atoms with Gasteiger partial charge in [-0.25, -0.2) is 4.79 Å². The number of ether oxygens (including phenoxy) is 2. The van der Waals surface area contributed by atoms with Crippen molar-refractivity contribution in [3.8, 4) is 28.4 Å². The fourth-order valence-electron chi connectivity index (χ4n) is 4.43. The van der Waals surface area contributed by atoms with Gasteiger partial charge in [0.15, 0.2) is 5.75 Å². The standard InChI is InChI=1S/C34H35NO5/c1-6-39-29-17-15-24(20-26(29)33(37)38)25-16-18-31(40-30-10-8-7-9-27(30)34(3,4)5)28(21-25)35-32(36)19-23-13-11-22(2)12-14-23/h7-18,20-21H,6,19H2,1-5H3,(H,35,36)(H,37,38). The van der Waals surface area contributed by atoms with Gasteiger partial charge in [-0.3, -0.25) is 4.79 Å². The number of nitrogens with one attached hydrogen (secondary N) is 1. The molecule has 0 aliphatic heterocycles. The quantitative estimate of drug-likeness (QED) is 0.226. The van der Waals surface area contributed by atoms with Gasteiger partial charge >= 0.3 is 5.97 Å². The summed E-state index contributed by atoms with van der Waals surface area (Å²) in [5, 5.41) is 12.8. The van der Waals surface area contributed by atoms with Crippen LogP contribution in [0.5, 0.6) is 17.2 Å². The smallest absolute Gasteiger partial charge is 0.339 e. The fraction of sp³-hybridized carbons (Fsp3) is 0.235. The van der Waals surface area contributed by atoms with E-state index in [-0.39, 0.29) is 23.3 Å². The molecule has 0 bridgehead atoms. The van der Waals surface area contributed by atoms with Crippen LogP contribution in [0.2, 0.25) is 0 Å². The topological polar surface area (TPSA) is 84.9 Å². The molecule has 6 heteroatoms. The Morgan fingerprint density at radius 1 is 0.825 bits per heavy atom. The maximum absolute atomic E-state index is 13.1. The lowest BCUT2D eigenvalue weighted by Gasteiger charge is -2.23. The van der Waals surface area contributed by atoms with Crippen LogP contribution < -0.4 is 14.8 Å². The summed E-state index contributed by atoms with van der Waals surface area (Å²) in [6, 6.07) is 26.2. The van der Waals surface area contributed by atoms with Gasteiger partial charge in [-0.15, -0.1) is 0 Å². The Morgan fingerprint density at radius 3 is 2.12 bits per heavy atom. The maximum Gasteiger partial charge on any atom is 0.339 e. The minimum Gasteiger partial charge on any atom is -0.493 e. The predicted octanol–water partition coefficient (Wildman–Crippen LogP) is 8.03. The highest BCUT2D eigenvalue weighted by Crippen LogP contribution is 2.39. The van der Waals surface area contributed by atoms with Crippen LogP contribution in [0.25, 0.3) is 11.1 Å². The van der Waals surface area contributed by atoms with Crippen molar-refractivity contribution < 1.29 is 24.2 Å². The monoisotopic (exact) mass is 537 g/mol. The number of aryl methyl sites for hydroxylation is 1. The molecule has 0 spiro atoms. The minimum atomic E-state index is -1.07. The lowest BCUT2D eigenvalue weighted by atomic mass is 9.86. The van der Waals surface area contributed by atoms with E-state index < -0.39 is 5.97 Å². The molecule has 0 atom stereocenters. The summed E-state index contributed by atoms with van der Waals surface area (Å²) in [4.78, 5) is 25.0. The number of anilines is 1. The van der Waals surface area contributed by atoms with Gasteiger partial charge in [-0.2, -0.15) is 0 Å². The van der Waals surface area contributed by atoms with E-state index in [4.69, 9.17) is 9.47 Å². The number of benzene rings is 4. The van der Waals surface area contributed by atoms with Crippen LogP contribution in [-0.4, -0.2) is 23.6 Å². The number of para-hydroxylation sites is 1. The third-order valence-electron chi connectivity index (χ3n) is 6.50. The second-order valence-corrected chi connectivity index (χ2v) is 10.7. The third-order valence-corrected chi connectivity index (χ3v) is 6.50. The number of carboxylic acids is 1. The summed E-state index contributed by atoms with van der Waals surface area (Å²) in [5.74, 6) is 0.237. The Kier molecular flexibility index (Phi) is 8.58. The minimum absolute atomic E-state index is 0.0729. The van der Waals surface area contributed by atoms with Gasteiger partial charge in [0.1, 0.15) is 17.1 Å². The largest absolute Gasteiger partial charge is 0.493 e. The zero-order valence-corrected chi connectivity index (χ0v) is 23.6. The summed E-state index contributed by atoms with van der Waals surface area (Å²) in [6.45, 7) is 10.5. The summed E-state index contributed by atoms with van der Waals surface area (Å²) < 4.78 is 11.9. The van der Waals surface area contributed by atoms with Crippen molar-refractivity contribution in [3.63, 3.8) is 0 Å². The Hall–Kier alpha value is -4.58. The highest BCUT2D eigenvalue weighted by molar-refractivity contribution is 5.96. The molecule has 40 heavy (non-hydrogen) atoms.